The van der Waals surface area contributed by atoms with Crippen molar-refractivity contribution in [2.45, 2.75) is 78.6 Å². The fourth-order valence-corrected chi connectivity index (χ4v) is 18.5. The Bertz CT molecular complexity index is 6330. The van der Waals surface area contributed by atoms with Gasteiger partial charge in [0.05, 0.1) is 44.5 Å². The van der Waals surface area contributed by atoms with Crippen LogP contribution in [0.5, 0.6) is 0 Å². The summed E-state index contributed by atoms with van der Waals surface area (Å²) in [4.78, 5) is 5.49. The summed E-state index contributed by atoms with van der Waals surface area (Å²) in [5, 5.41) is 10.2. The lowest BCUT2D eigenvalue weighted by Gasteiger charge is -2.47. The molecule has 0 N–H and O–H groups in total. The Morgan fingerprint density at radius 2 is 0.514 bits per heavy atom. The van der Waals surface area contributed by atoms with Crippen molar-refractivity contribution in [1.29, 1.82) is 0 Å². The molecular weight excluding hydrogens is 1290 g/mol. The molecule has 0 spiro atoms. The van der Waals surface area contributed by atoms with Crippen LogP contribution in [0.25, 0.3) is 143 Å². The second-order valence-electron chi connectivity index (χ2n) is 33.2. The zero-order valence-corrected chi connectivity index (χ0v) is 61.9. The summed E-state index contributed by atoms with van der Waals surface area (Å²) in [5.41, 5.74) is 35.4. The van der Waals surface area contributed by atoms with E-state index in [2.05, 4.69) is 396 Å². The van der Waals surface area contributed by atoms with Gasteiger partial charge < -0.3 is 18.6 Å². The second-order valence-corrected chi connectivity index (χ2v) is 33.2. The van der Waals surface area contributed by atoms with E-state index in [1.807, 2.05) is 0 Å². The molecule has 0 unspecified atom stereocenters. The van der Waals surface area contributed by atoms with Gasteiger partial charge >= 0.3 is 0 Å². The van der Waals surface area contributed by atoms with E-state index in [9.17, 15) is 0 Å². The van der Waals surface area contributed by atoms with Crippen LogP contribution in [-0.2, 0) is 16.2 Å². The first-order chi connectivity index (χ1) is 52.0. The Kier molecular flexibility index (Phi) is 13.6. The second kappa shape index (κ2) is 23.0. The standard InChI is InChI=1S/C102H79BN4/c1-100(2,3)70-56-79(62-28-14-10-15-29-62)98(80(57-70)63-30-16-11-17-31-63)106-91-54-68(66-46-50-89-83(52-66)77-40-26-38-75-73-36-22-24-42-87(73)104(89)96(75)77)44-48-85(91)103-86-49-45-69(67-47-51-90-84(53-67)78-41-27-39-76-74-37-23-25-43-88(74)105(90)97(76)78)55-92(86)107(94-61-72(102(7,8)9)60-93(106)95(94)103)99-81(64-32-18-12-19-33-64)58-71(101(4,5)6)59-82(99)65-34-20-13-21-35-65/h10-61H,1-9H3. The van der Waals surface area contributed by atoms with Gasteiger partial charge in [0, 0.05) is 88.1 Å². The van der Waals surface area contributed by atoms with Gasteiger partial charge in [0.15, 0.2) is 0 Å². The number of hydrogen-bond acceptors (Lipinski definition) is 2. The maximum absolute atomic E-state index is 2.74. The van der Waals surface area contributed by atoms with E-state index in [4.69, 9.17) is 0 Å². The lowest BCUT2D eigenvalue weighted by atomic mass is 9.33. The van der Waals surface area contributed by atoms with E-state index >= 15 is 0 Å². The fraction of sp³-hybridized carbons (Fsp3) is 0.118. The van der Waals surface area contributed by atoms with Gasteiger partial charge in [0.25, 0.3) is 6.71 Å². The van der Waals surface area contributed by atoms with Crippen LogP contribution < -0.4 is 26.2 Å². The molecule has 510 valence electrons. The van der Waals surface area contributed by atoms with Gasteiger partial charge in [-0.05, 0) is 179 Å². The van der Waals surface area contributed by atoms with Gasteiger partial charge in [0.2, 0.25) is 0 Å². The zero-order valence-electron chi connectivity index (χ0n) is 61.9. The van der Waals surface area contributed by atoms with Gasteiger partial charge in [-0.1, -0.05) is 293 Å². The molecule has 2 aliphatic rings. The molecule has 0 bridgehead atoms. The zero-order chi connectivity index (χ0) is 72.1. The molecule has 4 nitrogen and oxygen atoms in total. The summed E-state index contributed by atoms with van der Waals surface area (Å²) in [5.74, 6) is 0. The van der Waals surface area contributed by atoms with Gasteiger partial charge in [0.1, 0.15) is 0 Å². The fourth-order valence-electron chi connectivity index (χ4n) is 18.5. The van der Waals surface area contributed by atoms with E-state index in [0.717, 1.165) is 33.9 Å². The Hall–Kier alpha value is -12.4. The van der Waals surface area contributed by atoms with E-state index in [0.29, 0.717) is 0 Å². The minimum atomic E-state index is -0.320. The SMILES string of the molecule is CC(C)(C)c1cc(-c2ccccc2)c(N2c3cc(-c4ccc5c(c4)c4cccc6c7ccccc7n5c64)ccc3B3c4ccc(-c5ccc6c(c5)c5cccc7c8ccccc8n6c75)cc4N(c4c(-c5ccccc5)cc(C(C)(C)C)cc4-c4ccccc4)c4cc(C(C)(C)C)cc2c43)c(-c2ccccc2)c1. The lowest BCUT2D eigenvalue weighted by molar-refractivity contribution is 0.590. The van der Waals surface area contributed by atoms with Crippen molar-refractivity contribution in [2.24, 2.45) is 0 Å². The Morgan fingerprint density at radius 3 is 0.869 bits per heavy atom. The molecule has 0 fully saturated rings. The van der Waals surface area contributed by atoms with Crippen LogP contribution in [0.15, 0.2) is 315 Å². The minimum Gasteiger partial charge on any atom is -0.310 e. The molecule has 2 aliphatic heterocycles. The number of para-hydroxylation sites is 4. The van der Waals surface area contributed by atoms with E-state index in [1.165, 1.54) is 176 Å². The van der Waals surface area contributed by atoms with E-state index < -0.39 is 0 Å². The van der Waals surface area contributed by atoms with Gasteiger partial charge in [-0.15, -0.1) is 0 Å². The third kappa shape index (κ3) is 9.49. The van der Waals surface area contributed by atoms with Crippen molar-refractivity contribution in [3.05, 3.63) is 332 Å². The van der Waals surface area contributed by atoms with Crippen LogP contribution in [0.2, 0.25) is 0 Å². The van der Waals surface area contributed by atoms with Gasteiger partial charge in [-0.3, -0.25) is 0 Å². The number of aromatic nitrogens is 2. The van der Waals surface area contributed by atoms with Crippen LogP contribution >= 0.6 is 0 Å². The molecule has 0 aliphatic carbocycles. The molecule has 15 aromatic carbocycles. The number of fused-ring (bicyclic) bond motifs is 16. The molecule has 4 aromatic heterocycles. The molecule has 5 heteroatoms. The Morgan fingerprint density at radius 1 is 0.224 bits per heavy atom. The monoisotopic (exact) mass is 1370 g/mol. The summed E-state index contributed by atoms with van der Waals surface area (Å²) in [6.45, 7) is 21.2. The molecule has 0 saturated heterocycles. The van der Waals surface area contributed by atoms with Crippen molar-refractivity contribution in [3.63, 3.8) is 0 Å². The smallest absolute Gasteiger partial charge is 0.252 e. The molecular formula is C102H79BN4. The van der Waals surface area contributed by atoms with Crippen LogP contribution in [0, 0.1) is 0 Å². The number of benzene rings is 15. The summed E-state index contributed by atoms with van der Waals surface area (Å²) in [6, 6.07) is 121. The van der Waals surface area contributed by atoms with E-state index in [-0.39, 0.29) is 23.0 Å². The number of rotatable bonds is 8. The summed E-state index contributed by atoms with van der Waals surface area (Å²) in [7, 11) is 0. The predicted molar refractivity (Wildman–Crippen MR) is 458 cm³/mol. The van der Waals surface area contributed by atoms with Gasteiger partial charge in [-0.25, -0.2) is 0 Å². The largest absolute Gasteiger partial charge is 0.310 e. The van der Waals surface area contributed by atoms with Crippen molar-refractivity contribution >= 4 is 133 Å². The van der Waals surface area contributed by atoms with Crippen molar-refractivity contribution in [3.8, 4) is 66.8 Å². The topological polar surface area (TPSA) is 15.3 Å². The molecule has 6 heterocycles. The molecule has 0 radical (unpaired) electrons. The first kappa shape index (κ1) is 63.1. The van der Waals surface area contributed by atoms with Gasteiger partial charge in [-0.2, -0.15) is 0 Å². The maximum Gasteiger partial charge on any atom is 0.252 e. The molecule has 0 saturated carbocycles. The summed E-state index contributed by atoms with van der Waals surface area (Å²) < 4.78 is 4.99. The van der Waals surface area contributed by atoms with Crippen LogP contribution in [-0.4, -0.2) is 15.5 Å². The quantitative estimate of drug-likeness (QED) is 0.141. The third-order valence-corrected chi connectivity index (χ3v) is 23.8. The molecule has 19 aromatic rings. The number of hydrogen-bond donors (Lipinski definition) is 0. The van der Waals surface area contributed by atoms with Crippen LogP contribution in [0.4, 0.5) is 34.1 Å². The average molecular weight is 1370 g/mol. The van der Waals surface area contributed by atoms with Crippen LogP contribution in [0.1, 0.15) is 79.0 Å². The highest BCUT2D eigenvalue weighted by Gasteiger charge is 2.47. The van der Waals surface area contributed by atoms with E-state index in [1.54, 1.807) is 0 Å². The average Bonchev–Trinajstić information content (AvgIpc) is 1.64. The highest BCUT2D eigenvalue weighted by molar-refractivity contribution is 7.00. The first-order valence-corrected chi connectivity index (χ1v) is 38.0. The molecule has 0 amide bonds. The molecule has 0 atom stereocenters. The Labute approximate surface area is 625 Å². The first-order valence-electron chi connectivity index (χ1n) is 38.0. The number of anilines is 6. The van der Waals surface area contributed by atoms with Crippen LogP contribution in [0.3, 0.4) is 0 Å². The highest BCUT2D eigenvalue weighted by Crippen LogP contribution is 2.56. The predicted octanol–water partition coefficient (Wildman–Crippen LogP) is 26.0. The van der Waals surface area contributed by atoms with Crippen molar-refractivity contribution in [2.75, 3.05) is 9.80 Å². The van der Waals surface area contributed by atoms with Crippen molar-refractivity contribution < 1.29 is 0 Å². The highest BCUT2D eigenvalue weighted by atomic mass is 15.2. The normalized spacial score (nSPS) is 13.2. The summed E-state index contributed by atoms with van der Waals surface area (Å²) in [6.07, 6.45) is 0. The third-order valence-electron chi connectivity index (χ3n) is 23.8. The number of nitrogens with zero attached hydrogens (tertiary/aromatic N) is 4. The maximum atomic E-state index is 2.74. The molecule has 107 heavy (non-hydrogen) atoms. The summed E-state index contributed by atoms with van der Waals surface area (Å²) >= 11 is 0. The molecule has 21 rings (SSSR count). The lowest BCUT2D eigenvalue weighted by Crippen LogP contribution is -2.61. The minimum absolute atomic E-state index is 0.187. The van der Waals surface area contributed by atoms with Crippen molar-refractivity contribution in [1.82, 2.24) is 8.80 Å². The Balaban J connectivity index is 0.901.